The Morgan fingerprint density at radius 1 is 1.19 bits per heavy atom. The summed E-state index contributed by atoms with van der Waals surface area (Å²) in [5.74, 6) is 0.762. The number of aryl methyl sites for hydroxylation is 1. The van der Waals surface area contributed by atoms with Crippen molar-refractivity contribution in [3.63, 3.8) is 0 Å². The number of H-pyrrole nitrogens is 1. The fourth-order valence-electron chi connectivity index (χ4n) is 2.79. The number of aromatic nitrogens is 2. The van der Waals surface area contributed by atoms with Gasteiger partial charge in [-0.2, -0.15) is 0 Å². The lowest BCUT2D eigenvalue weighted by atomic mass is 10.1. The largest absolute Gasteiger partial charge is 0.453 e. The Kier molecular flexibility index (Phi) is 5.34. The number of carbonyl (C=O) groups is 1. The van der Waals surface area contributed by atoms with E-state index in [4.69, 9.17) is 10.7 Å². The zero-order valence-electron chi connectivity index (χ0n) is 14.8. The molecule has 0 aliphatic heterocycles. The first-order chi connectivity index (χ1) is 12.6. The van der Waals surface area contributed by atoms with Gasteiger partial charge in [-0.05, 0) is 31.0 Å². The lowest BCUT2D eigenvalue weighted by molar-refractivity contribution is 0.187. The number of rotatable bonds is 5. The van der Waals surface area contributed by atoms with Crippen molar-refractivity contribution in [3.8, 4) is 11.3 Å². The molecule has 6 nitrogen and oxygen atoms in total. The topological polar surface area (TPSA) is 93.0 Å². The van der Waals surface area contributed by atoms with Gasteiger partial charge in [0.2, 0.25) is 0 Å². The molecule has 6 heteroatoms. The minimum Gasteiger partial charge on any atom is -0.453 e. The predicted molar refractivity (Wildman–Crippen MR) is 102 cm³/mol. The van der Waals surface area contributed by atoms with Gasteiger partial charge in [-0.1, -0.05) is 42.5 Å². The summed E-state index contributed by atoms with van der Waals surface area (Å²) in [6.45, 7) is 1.97. The summed E-state index contributed by atoms with van der Waals surface area (Å²) < 4.78 is 4.59. The highest BCUT2D eigenvalue weighted by Gasteiger charge is 2.15. The standard InChI is InChI=1S/C20H22N4O2/c1-13-18(15-8-10-16(11-9-15)23-20(25)26-2)24-19(22-13)17(21)12-14-6-4-3-5-7-14/h3-11,17H,12,21H2,1-2H3,(H,22,24)(H,23,25). The number of carbonyl (C=O) groups excluding carboxylic acids is 1. The van der Waals surface area contributed by atoms with Gasteiger partial charge in [-0.25, -0.2) is 9.78 Å². The van der Waals surface area contributed by atoms with Crippen molar-refractivity contribution in [1.29, 1.82) is 0 Å². The van der Waals surface area contributed by atoms with Gasteiger partial charge in [0, 0.05) is 16.9 Å². The zero-order chi connectivity index (χ0) is 18.5. The van der Waals surface area contributed by atoms with E-state index in [9.17, 15) is 4.79 Å². The van der Waals surface area contributed by atoms with E-state index >= 15 is 0 Å². The van der Waals surface area contributed by atoms with E-state index in [2.05, 4.69) is 27.2 Å². The summed E-state index contributed by atoms with van der Waals surface area (Å²) in [6.07, 6.45) is 0.220. The second-order valence-corrected chi connectivity index (χ2v) is 6.09. The van der Waals surface area contributed by atoms with Gasteiger partial charge in [-0.3, -0.25) is 5.32 Å². The number of nitrogens with one attached hydrogen (secondary N) is 2. The monoisotopic (exact) mass is 350 g/mol. The maximum atomic E-state index is 11.3. The Labute approximate surface area is 152 Å². The molecular formula is C20H22N4O2. The number of ether oxygens (including phenoxy) is 1. The van der Waals surface area contributed by atoms with Crippen molar-refractivity contribution in [2.24, 2.45) is 5.73 Å². The van der Waals surface area contributed by atoms with Crippen molar-refractivity contribution in [2.75, 3.05) is 12.4 Å². The first-order valence-corrected chi connectivity index (χ1v) is 8.38. The van der Waals surface area contributed by atoms with Gasteiger partial charge >= 0.3 is 6.09 Å². The average Bonchev–Trinajstić information content (AvgIpc) is 3.05. The molecule has 2 aromatic carbocycles. The second-order valence-electron chi connectivity index (χ2n) is 6.09. The van der Waals surface area contributed by atoms with Crippen LogP contribution in [0.15, 0.2) is 54.6 Å². The van der Waals surface area contributed by atoms with Crippen LogP contribution in [0.1, 0.15) is 23.1 Å². The minimum absolute atomic E-state index is 0.204. The Hall–Kier alpha value is -3.12. The van der Waals surface area contributed by atoms with Gasteiger partial charge in [0.1, 0.15) is 5.82 Å². The third kappa shape index (κ3) is 4.10. The minimum atomic E-state index is -0.497. The molecule has 0 saturated carbocycles. The molecule has 1 unspecified atom stereocenters. The normalized spacial score (nSPS) is 11.8. The quantitative estimate of drug-likeness (QED) is 0.652. The predicted octanol–water partition coefficient (Wildman–Crippen LogP) is 3.81. The van der Waals surface area contributed by atoms with Crippen molar-refractivity contribution in [1.82, 2.24) is 9.97 Å². The highest BCUT2D eigenvalue weighted by atomic mass is 16.5. The zero-order valence-corrected chi connectivity index (χ0v) is 14.8. The molecule has 4 N–H and O–H groups in total. The van der Waals surface area contributed by atoms with Crippen molar-refractivity contribution < 1.29 is 9.53 Å². The Morgan fingerprint density at radius 2 is 1.88 bits per heavy atom. The number of benzene rings is 2. The molecule has 134 valence electrons. The molecule has 0 radical (unpaired) electrons. The molecule has 1 amide bonds. The van der Waals surface area contributed by atoms with E-state index in [0.717, 1.165) is 29.2 Å². The van der Waals surface area contributed by atoms with E-state index in [1.165, 1.54) is 12.7 Å². The fraction of sp³-hybridized carbons (Fsp3) is 0.200. The average molecular weight is 350 g/mol. The van der Waals surface area contributed by atoms with Crippen LogP contribution in [0.5, 0.6) is 0 Å². The highest BCUT2D eigenvalue weighted by molar-refractivity contribution is 5.84. The van der Waals surface area contributed by atoms with Crippen molar-refractivity contribution in [2.45, 2.75) is 19.4 Å². The van der Waals surface area contributed by atoms with Gasteiger partial charge in [0.25, 0.3) is 0 Å². The van der Waals surface area contributed by atoms with Crippen LogP contribution in [0.2, 0.25) is 0 Å². The Bertz CT molecular complexity index is 873. The van der Waals surface area contributed by atoms with Gasteiger partial charge in [-0.15, -0.1) is 0 Å². The summed E-state index contributed by atoms with van der Waals surface area (Å²) in [5.41, 5.74) is 10.9. The third-order valence-electron chi connectivity index (χ3n) is 4.14. The Morgan fingerprint density at radius 3 is 2.54 bits per heavy atom. The van der Waals surface area contributed by atoms with E-state index < -0.39 is 6.09 Å². The molecule has 3 rings (SSSR count). The number of hydrogen-bond donors (Lipinski definition) is 3. The number of amides is 1. The van der Waals surface area contributed by atoms with Crippen LogP contribution in [-0.2, 0) is 11.2 Å². The van der Waals surface area contributed by atoms with Crippen LogP contribution >= 0.6 is 0 Å². The van der Waals surface area contributed by atoms with Crippen LogP contribution < -0.4 is 11.1 Å². The Balaban J connectivity index is 1.76. The van der Waals surface area contributed by atoms with E-state index in [1.54, 1.807) is 0 Å². The maximum Gasteiger partial charge on any atom is 0.411 e. The van der Waals surface area contributed by atoms with Crippen LogP contribution in [0.4, 0.5) is 10.5 Å². The number of anilines is 1. The van der Waals surface area contributed by atoms with Crippen LogP contribution in [-0.4, -0.2) is 23.2 Å². The molecule has 0 saturated heterocycles. The molecule has 0 aliphatic rings. The molecule has 1 atom stereocenters. The first-order valence-electron chi connectivity index (χ1n) is 8.38. The summed E-state index contributed by atoms with van der Waals surface area (Å²) >= 11 is 0. The molecule has 0 spiro atoms. The SMILES string of the molecule is COC(=O)Nc1ccc(-c2nc(C(N)Cc3ccccc3)[nH]c2C)cc1. The molecule has 1 aromatic heterocycles. The first kappa shape index (κ1) is 17.7. The van der Waals surface area contributed by atoms with Crippen LogP contribution in [0.3, 0.4) is 0 Å². The molecule has 3 aromatic rings. The number of nitrogens with two attached hydrogens (primary N) is 1. The van der Waals surface area contributed by atoms with Gasteiger partial charge < -0.3 is 15.5 Å². The fourth-order valence-corrected chi connectivity index (χ4v) is 2.79. The highest BCUT2D eigenvalue weighted by Crippen LogP contribution is 2.25. The maximum absolute atomic E-state index is 11.3. The summed E-state index contributed by atoms with van der Waals surface area (Å²) in [7, 11) is 1.33. The summed E-state index contributed by atoms with van der Waals surface area (Å²) in [6, 6.07) is 17.3. The number of hydrogen-bond acceptors (Lipinski definition) is 4. The molecule has 0 aliphatic carbocycles. The van der Waals surface area contributed by atoms with Crippen LogP contribution in [0.25, 0.3) is 11.3 Å². The number of aromatic amines is 1. The van der Waals surface area contributed by atoms with E-state index in [0.29, 0.717) is 5.69 Å². The summed E-state index contributed by atoms with van der Waals surface area (Å²) in [5, 5.41) is 2.63. The van der Waals surface area contributed by atoms with E-state index in [1.807, 2.05) is 49.4 Å². The summed E-state index contributed by atoms with van der Waals surface area (Å²) in [4.78, 5) is 19.2. The molecule has 0 bridgehead atoms. The lowest BCUT2D eigenvalue weighted by Gasteiger charge is -2.08. The van der Waals surface area contributed by atoms with Crippen molar-refractivity contribution >= 4 is 11.8 Å². The molecular weight excluding hydrogens is 328 g/mol. The van der Waals surface area contributed by atoms with Gasteiger partial charge in [0.05, 0.1) is 18.8 Å². The van der Waals surface area contributed by atoms with Crippen molar-refractivity contribution in [3.05, 3.63) is 71.7 Å². The third-order valence-corrected chi connectivity index (χ3v) is 4.14. The molecule has 26 heavy (non-hydrogen) atoms. The number of methoxy groups -OCH3 is 1. The van der Waals surface area contributed by atoms with Gasteiger partial charge in [0.15, 0.2) is 0 Å². The van der Waals surface area contributed by atoms with E-state index in [-0.39, 0.29) is 6.04 Å². The smallest absolute Gasteiger partial charge is 0.411 e. The molecule has 1 heterocycles. The van der Waals surface area contributed by atoms with Crippen LogP contribution in [0, 0.1) is 6.92 Å². The lowest BCUT2D eigenvalue weighted by Crippen LogP contribution is -2.15. The second kappa shape index (κ2) is 7.84. The number of imidazole rings is 1. The number of nitrogens with zero attached hydrogens (tertiary/aromatic N) is 1. The molecule has 0 fully saturated rings.